The highest BCUT2D eigenvalue weighted by molar-refractivity contribution is 9.10. The first-order chi connectivity index (χ1) is 14.9. The molecular weight excluding hydrogens is 467 g/mol. The van der Waals surface area contributed by atoms with Crippen LogP contribution >= 0.6 is 15.9 Å². The number of halogens is 2. The van der Waals surface area contributed by atoms with Crippen LogP contribution in [0.3, 0.4) is 0 Å². The normalized spacial score (nSPS) is 10.7. The monoisotopic (exact) mass is 482 g/mol. The number of carbonyl (C=O) groups excluding carboxylic acids is 2. The van der Waals surface area contributed by atoms with Crippen LogP contribution in [0.25, 0.3) is 5.69 Å². The van der Waals surface area contributed by atoms with Crippen molar-refractivity contribution >= 4 is 39.2 Å². The van der Waals surface area contributed by atoms with Crippen molar-refractivity contribution in [2.75, 3.05) is 10.6 Å². The van der Waals surface area contributed by atoms with Crippen molar-refractivity contribution in [1.29, 1.82) is 0 Å². The van der Waals surface area contributed by atoms with E-state index in [9.17, 15) is 14.0 Å². The molecule has 0 atom stereocenters. The molecule has 2 aromatic heterocycles. The Morgan fingerprint density at radius 2 is 1.77 bits per heavy atom. The van der Waals surface area contributed by atoms with E-state index in [2.05, 4.69) is 31.7 Å². The first-order valence-corrected chi connectivity index (χ1v) is 9.99. The number of rotatable bonds is 5. The lowest BCUT2D eigenvalue weighted by Gasteiger charge is -2.10. The molecule has 0 saturated carbocycles. The van der Waals surface area contributed by atoms with Crippen LogP contribution in [0.2, 0.25) is 0 Å². The molecule has 0 unspecified atom stereocenters. The van der Waals surface area contributed by atoms with Crippen LogP contribution in [0.1, 0.15) is 26.6 Å². The number of furan rings is 1. The average Bonchev–Trinajstić information content (AvgIpc) is 3.34. The molecule has 0 aliphatic heterocycles. The number of aryl methyl sites for hydroxylation is 1. The Kier molecular flexibility index (Phi) is 5.68. The fraction of sp³-hybridized carbons (Fsp3) is 0.0455. The third kappa shape index (κ3) is 4.72. The number of aromatic nitrogens is 2. The van der Waals surface area contributed by atoms with Crippen LogP contribution in [-0.4, -0.2) is 21.6 Å². The van der Waals surface area contributed by atoms with Crippen LogP contribution in [-0.2, 0) is 0 Å². The number of hydrogen-bond donors (Lipinski definition) is 2. The first kappa shape index (κ1) is 20.5. The van der Waals surface area contributed by atoms with E-state index in [4.69, 9.17) is 4.42 Å². The highest BCUT2D eigenvalue weighted by atomic mass is 79.9. The number of benzene rings is 2. The lowest BCUT2D eigenvalue weighted by atomic mass is 10.2. The summed E-state index contributed by atoms with van der Waals surface area (Å²) in [4.78, 5) is 25.1. The number of anilines is 2. The van der Waals surface area contributed by atoms with Gasteiger partial charge in [-0.1, -0.05) is 6.07 Å². The largest absolute Gasteiger partial charge is 0.444 e. The van der Waals surface area contributed by atoms with Crippen LogP contribution in [0, 0.1) is 12.7 Å². The molecule has 0 saturated heterocycles. The van der Waals surface area contributed by atoms with Crippen LogP contribution < -0.4 is 10.6 Å². The van der Waals surface area contributed by atoms with Gasteiger partial charge < -0.3 is 15.1 Å². The third-order valence-electron chi connectivity index (χ3n) is 4.32. The fourth-order valence-corrected chi connectivity index (χ4v) is 3.23. The van der Waals surface area contributed by atoms with Crippen LogP contribution in [0.5, 0.6) is 0 Å². The standard InChI is InChI=1S/C22H16BrFN4O3/c1-13-11-20(28(27-13)17-7-5-15(24)6-8-17)26-21(29)14-3-2-4-16(12-14)25-22(30)18-9-10-19(23)31-18/h2-12H,1H3,(H,25,30)(H,26,29). The molecule has 2 heterocycles. The maximum atomic E-state index is 13.2. The van der Waals surface area contributed by atoms with E-state index < -0.39 is 5.91 Å². The minimum absolute atomic E-state index is 0.139. The van der Waals surface area contributed by atoms with Gasteiger partial charge in [-0.2, -0.15) is 5.10 Å². The Labute approximate surface area is 185 Å². The summed E-state index contributed by atoms with van der Waals surface area (Å²) in [6.07, 6.45) is 0. The zero-order valence-electron chi connectivity index (χ0n) is 16.2. The quantitative estimate of drug-likeness (QED) is 0.410. The van der Waals surface area contributed by atoms with Gasteiger partial charge in [-0.05, 0) is 77.5 Å². The van der Waals surface area contributed by atoms with E-state index in [1.165, 1.54) is 22.9 Å². The number of amides is 2. The summed E-state index contributed by atoms with van der Waals surface area (Å²) in [5.41, 5.74) is 2.07. The minimum atomic E-state index is -0.437. The van der Waals surface area contributed by atoms with Gasteiger partial charge in [0.05, 0.1) is 11.4 Å². The molecule has 0 bridgehead atoms. The molecule has 2 aromatic carbocycles. The van der Waals surface area contributed by atoms with Gasteiger partial charge in [-0.3, -0.25) is 9.59 Å². The van der Waals surface area contributed by atoms with Gasteiger partial charge in [0.1, 0.15) is 11.6 Å². The lowest BCUT2D eigenvalue weighted by Crippen LogP contribution is -2.16. The van der Waals surface area contributed by atoms with E-state index >= 15 is 0 Å². The predicted molar refractivity (Wildman–Crippen MR) is 117 cm³/mol. The van der Waals surface area contributed by atoms with Crippen LogP contribution in [0.4, 0.5) is 15.9 Å². The Bertz CT molecular complexity index is 1260. The smallest absolute Gasteiger partial charge is 0.291 e. The van der Waals surface area contributed by atoms with Gasteiger partial charge in [0, 0.05) is 17.3 Å². The topological polar surface area (TPSA) is 89.2 Å². The highest BCUT2D eigenvalue weighted by Crippen LogP contribution is 2.20. The minimum Gasteiger partial charge on any atom is -0.444 e. The number of hydrogen-bond acceptors (Lipinski definition) is 4. The summed E-state index contributed by atoms with van der Waals surface area (Å²) in [5.74, 6) is -0.614. The van der Waals surface area contributed by atoms with Crippen molar-refractivity contribution in [3.05, 3.63) is 94.2 Å². The number of nitrogens with one attached hydrogen (secondary N) is 2. The molecule has 4 aromatic rings. The highest BCUT2D eigenvalue weighted by Gasteiger charge is 2.15. The molecule has 0 aliphatic carbocycles. The van der Waals surface area contributed by atoms with Crippen molar-refractivity contribution in [2.45, 2.75) is 6.92 Å². The van der Waals surface area contributed by atoms with Gasteiger partial charge in [0.15, 0.2) is 10.4 Å². The molecule has 156 valence electrons. The van der Waals surface area contributed by atoms with Crippen molar-refractivity contribution in [3.63, 3.8) is 0 Å². The van der Waals surface area contributed by atoms with Gasteiger partial charge in [-0.15, -0.1) is 0 Å². The van der Waals surface area contributed by atoms with E-state index in [1.54, 1.807) is 55.5 Å². The molecule has 0 spiro atoms. The molecular formula is C22H16BrFN4O3. The Morgan fingerprint density at radius 1 is 1.00 bits per heavy atom. The lowest BCUT2D eigenvalue weighted by molar-refractivity contribution is 0.0992. The molecule has 31 heavy (non-hydrogen) atoms. The second-order valence-corrected chi connectivity index (χ2v) is 7.43. The van der Waals surface area contributed by atoms with Gasteiger partial charge in [0.25, 0.3) is 11.8 Å². The van der Waals surface area contributed by atoms with Gasteiger partial charge in [-0.25, -0.2) is 9.07 Å². The van der Waals surface area contributed by atoms with Crippen molar-refractivity contribution < 1.29 is 18.4 Å². The molecule has 4 rings (SSSR count). The van der Waals surface area contributed by atoms with Gasteiger partial charge in [0.2, 0.25) is 0 Å². The van der Waals surface area contributed by atoms with Gasteiger partial charge >= 0.3 is 0 Å². The van der Waals surface area contributed by atoms with E-state index in [-0.39, 0.29) is 17.5 Å². The average molecular weight is 483 g/mol. The summed E-state index contributed by atoms with van der Waals surface area (Å²) in [7, 11) is 0. The molecule has 0 aliphatic rings. The van der Waals surface area contributed by atoms with Crippen LogP contribution in [0.15, 0.2) is 75.8 Å². The molecule has 0 radical (unpaired) electrons. The summed E-state index contributed by atoms with van der Waals surface area (Å²) < 4.78 is 20.4. The number of nitrogens with zero attached hydrogens (tertiary/aromatic N) is 2. The van der Waals surface area contributed by atoms with E-state index in [0.29, 0.717) is 33.1 Å². The fourth-order valence-electron chi connectivity index (χ4n) is 2.92. The summed E-state index contributed by atoms with van der Waals surface area (Å²) in [5, 5.41) is 9.86. The Balaban J connectivity index is 1.53. The van der Waals surface area contributed by atoms with Crippen molar-refractivity contribution in [2.24, 2.45) is 0 Å². The molecule has 9 heteroatoms. The zero-order valence-corrected chi connectivity index (χ0v) is 17.8. The first-order valence-electron chi connectivity index (χ1n) is 9.20. The van der Waals surface area contributed by atoms with E-state index in [0.717, 1.165) is 0 Å². The summed E-state index contributed by atoms with van der Waals surface area (Å²) in [6.45, 7) is 1.79. The Hall–Kier alpha value is -3.72. The van der Waals surface area contributed by atoms with Crippen molar-refractivity contribution in [1.82, 2.24) is 9.78 Å². The second kappa shape index (κ2) is 8.57. The second-order valence-electron chi connectivity index (χ2n) is 6.65. The summed E-state index contributed by atoms with van der Waals surface area (Å²) in [6, 6.07) is 17.1. The maximum absolute atomic E-state index is 13.2. The molecule has 2 amide bonds. The molecule has 2 N–H and O–H groups in total. The summed E-state index contributed by atoms with van der Waals surface area (Å²) >= 11 is 3.15. The Morgan fingerprint density at radius 3 is 2.48 bits per heavy atom. The van der Waals surface area contributed by atoms with E-state index in [1.807, 2.05) is 0 Å². The predicted octanol–water partition coefficient (Wildman–Crippen LogP) is 5.18. The molecule has 7 nitrogen and oxygen atoms in total. The SMILES string of the molecule is Cc1cc(NC(=O)c2cccc(NC(=O)c3ccc(Br)o3)c2)n(-c2ccc(F)cc2)n1. The van der Waals surface area contributed by atoms with Crippen molar-refractivity contribution in [3.8, 4) is 5.69 Å². The zero-order chi connectivity index (χ0) is 22.0. The molecule has 0 fully saturated rings. The maximum Gasteiger partial charge on any atom is 0.291 e. The third-order valence-corrected chi connectivity index (χ3v) is 4.75. The number of carbonyl (C=O) groups is 2.